The van der Waals surface area contributed by atoms with E-state index in [4.69, 9.17) is 5.11 Å². The topological polar surface area (TPSA) is 66.4 Å². The van der Waals surface area contributed by atoms with Crippen molar-refractivity contribution in [1.82, 2.24) is 5.32 Å². The lowest BCUT2D eigenvalue weighted by molar-refractivity contribution is -0.131. The molecule has 0 aliphatic rings. The molecule has 1 aromatic carbocycles. The van der Waals surface area contributed by atoms with Crippen molar-refractivity contribution in [3.05, 3.63) is 63.4 Å². The first-order valence-corrected chi connectivity index (χ1v) is 7.26. The van der Waals surface area contributed by atoms with Crippen LogP contribution in [0.1, 0.15) is 26.4 Å². The Kier molecular flexibility index (Phi) is 4.90. The maximum Gasteiger partial charge on any atom is 0.328 e. The molecule has 5 heteroatoms. The van der Waals surface area contributed by atoms with E-state index in [1.54, 1.807) is 11.4 Å². The zero-order valence-electron chi connectivity index (χ0n) is 11.5. The highest BCUT2D eigenvalue weighted by molar-refractivity contribution is 7.11. The highest BCUT2D eigenvalue weighted by Crippen LogP contribution is 2.16. The first-order valence-electron chi connectivity index (χ1n) is 6.38. The average Bonchev–Trinajstić information content (AvgIpc) is 2.91. The lowest BCUT2D eigenvalue weighted by Gasteiger charge is -2.04. The molecule has 21 heavy (non-hydrogen) atoms. The Morgan fingerprint density at radius 3 is 2.86 bits per heavy atom. The van der Waals surface area contributed by atoms with Gasteiger partial charge in [-0.05, 0) is 24.6 Å². The molecule has 1 aromatic heterocycles. The highest BCUT2D eigenvalue weighted by atomic mass is 32.1. The number of aliphatic carboxylic acids is 1. The molecule has 0 atom stereocenters. The minimum Gasteiger partial charge on any atom is -0.478 e. The molecular formula is C16H15NO3S. The molecule has 2 rings (SSSR count). The molecule has 0 aliphatic carbocycles. The first-order chi connectivity index (χ1) is 10.0. The van der Waals surface area contributed by atoms with Crippen LogP contribution in [-0.2, 0) is 11.3 Å². The third kappa shape index (κ3) is 4.57. The Morgan fingerprint density at radius 1 is 1.33 bits per heavy atom. The van der Waals surface area contributed by atoms with Crippen LogP contribution in [0.15, 0.2) is 41.8 Å². The van der Waals surface area contributed by atoms with Gasteiger partial charge in [0.25, 0.3) is 5.91 Å². The number of hydrogen-bond acceptors (Lipinski definition) is 3. The summed E-state index contributed by atoms with van der Waals surface area (Å²) in [4.78, 5) is 23.2. The lowest BCUT2D eigenvalue weighted by atomic mass is 10.1. The average molecular weight is 301 g/mol. The maximum absolute atomic E-state index is 12.0. The molecular weight excluding hydrogens is 286 g/mol. The second-order valence-corrected chi connectivity index (χ2v) is 5.52. The molecule has 0 unspecified atom stereocenters. The van der Waals surface area contributed by atoms with E-state index in [0.717, 1.165) is 22.1 Å². The Bertz CT molecular complexity index is 688. The van der Waals surface area contributed by atoms with Crippen molar-refractivity contribution in [3.63, 3.8) is 0 Å². The summed E-state index contributed by atoms with van der Waals surface area (Å²) in [6.07, 6.45) is 2.53. The molecule has 0 saturated heterocycles. The second kappa shape index (κ2) is 6.85. The van der Waals surface area contributed by atoms with Crippen LogP contribution in [0.25, 0.3) is 6.08 Å². The molecule has 2 aromatic rings. The van der Waals surface area contributed by atoms with Gasteiger partial charge in [-0.2, -0.15) is 0 Å². The van der Waals surface area contributed by atoms with E-state index in [2.05, 4.69) is 5.32 Å². The van der Waals surface area contributed by atoms with Gasteiger partial charge in [0.2, 0.25) is 0 Å². The van der Waals surface area contributed by atoms with E-state index >= 15 is 0 Å². The van der Waals surface area contributed by atoms with Gasteiger partial charge in [-0.25, -0.2) is 4.79 Å². The molecule has 0 aliphatic heterocycles. The van der Waals surface area contributed by atoms with Crippen LogP contribution in [0.5, 0.6) is 0 Å². The number of nitrogens with one attached hydrogen (secondary N) is 1. The zero-order chi connectivity index (χ0) is 15.2. The van der Waals surface area contributed by atoms with Crippen LogP contribution in [0.4, 0.5) is 0 Å². The van der Waals surface area contributed by atoms with E-state index in [1.807, 2.05) is 31.2 Å². The lowest BCUT2D eigenvalue weighted by Crippen LogP contribution is -2.22. The van der Waals surface area contributed by atoms with Gasteiger partial charge in [0.1, 0.15) is 0 Å². The van der Waals surface area contributed by atoms with Crippen molar-refractivity contribution in [1.29, 1.82) is 0 Å². The van der Waals surface area contributed by atoms with E-state index in [0.29, 0.717) is 12.1 Å². The van der Waals surface area contributed by atoms with Gasteiger partial charge in [-0.15, -0.1) is 11.3 Å². The maximum atomic E-state index is 12.0. The molecule has 0 fully saturated rings. The van der Waals surface area contributed by atoms with Gasteiger partial charge >= 0.3 is 5.97 Å². The highest BCUT2D eigenvalue weighted by Gasteiger charge is 2.07. The third-order valence-corrected chi connectivity index (χ3v) is 3.71. The largest absolute Gasteiger partial charge is 0.478 e. The van der Waals surface area contributed by atoms with Gasteiger partial charge < -0.3 is 10.4 Å². The fraction of sp³-hybridized carbons (Fsp3) is 0.125. The normalized spacial score (nSPS) is 10.7. The summed E-state index contributed by atoms with van der Waals surface area (Å²) in [5, 5.41) is 13.1. The number of aryl methyl sites for hydroxylation is 1. The summed E-state index contributed by atoms with van der Waals surface area (Å²) in [6.45, 7) is 2.47. The van der Waals surface area contributed by atoms with Gasteiger partial charge in [0.15, 0.2) is 0 Å². The Hall–Kier alpha value is -2.40. The van der Waals surface area contributed by atoms with E-state index in [-0.39, 0.29) is 5.91 Å². The number of carbonyl (C=O) groups excluding carboxylic acids is 1. The van der Waals surface area contributed by atoms with Gasteiger partial charge in [-0.3, -0.25) is 4.79 Å². The summed E-state index contributed by atoms with van der Waals surface area (Å²) in [6, 6.07) is 9.62. The van der Waals surface area contributed by atoms with Crippen LogP contribution in [-0.4, -0.2) is 17.0 Å². The van der Waals surface area contributed by atoms with Crippen molar-refractivity contribution in [3.8, 4) is 0 Å². The predicted molar refractivity (Wildman–Crippen MR) is 83.3 cm³/mol. The summed E-state index contributed by atoms with van der Waals surface area (Å²) >= 11 is 1.33. The molecule has 0 saturated carbocycles. The SMILES string of the molecule is Cc1cccc(CNC(=O)c2csc(C=CC(=O)O)c2)c1. The Balaban J connectivity index is 1.96. The number of hydrogen-bond donors (Lipinski definition) is 2. The molecule has 0 bridgehead atoms. The van der Waals surface area contributed by atoms with Crippen molar-refractivity contribution in [2.45, 2.75) is 13.5 Å². The van der Waals surface area contributed by atoms with E-state index < -0.39 is 5.97 Å². The van der Waals surface area contributed by atoms with Crippen LogP contribution < -0.4 is 5.32 Å². The smallest absolute Gasteiger partial charge is 0.328 e. The number of carboxylic acids is 1. The number of carbonyl (C=O) groups is 2. The van der Waals surface area contributed by atoms with Crippen LogP contribution >= 0.6 is 11.3 Å². The predicted octanol–water partition coefficient (Wildman–Crippen LogP) is 3.08. The molecule has 0 radical (unpaired) electrons. The van der Waals surface area contributed by atoms with Crippen molar-refractivity contribution in [2.75, 3.05) is 0 Å². The standard InChI is InChI=1S/C16H15NO3S/c1-11-3-2-4-12(7-11)9-17-16(20)13-8-14(21-10-13)5-6-15(18)19/h2-8,10H,9H2,1H3,(H,17,20)(H,18,19). The summed E-state index contributed by atoms with van der Waals surface area (Å²) in [7, 11) is 0. The minimum atomic E-state index is -1.01. The molecule has 0 spiro atoms. The molecule has 108 valence electrons. The number of amides is 1. The number of benzene rings is 1. The van der Waals surface area contributed by atoms with Crippen molar-refractivity contribution >= 4 is 29.3 Å². The fourth-order valence-corrected chi connectivity index (χ4v) is 2.60. The van der Waals surface area contributed by atoms with Gasteiger partial charge in [0.05, 0.1) is 5.56 Å². The summed E-state index contributed by atoms with van der Waals surface area (Å²) in [5.74, 6) is -1.17. The second-order valence-electron chi connectivity index (χ2n) is 4.58. The van der Waals surface area contributed by atoms with Gasteiger partial charge in [-0.1, -0.05) is 29.8 Å². The molecule has 4 nitrogen and oxygen atoms in total. The summed E-state index contributed by atoms with van der Waals surface area (Å²) in [5.41, 5.74) is 2.74. The first kappa shape index (κ1) is 15.0. The molecule has 1 amide bonds. The van der Waals surface area contributed by atoms with Crippen molar-refractivity contribution < 1.29 is 14.7 Å². The Labute approximate surface area is 126 Å². The number of rotatable bonds is 5. The summed E-state index contributed by atoms with van der Waals surface area (Å²) < 4.78 is 0. The van der Waals surface area contributed by atoms with Crippen molar-refractivity contribution in [2.24, 2.45) is 0 Å². The number of thiophene rings is 1. The molecule has 1 heterocycles. The van der Waals surface area contributed by atoms with Gasteiger partial charge in [0, 0.05) is 22.9 Å². The zero-order valence-corrected chi connectivity index (χ0v) is 12.3. The third-order valence-electron chi connectivity index (χ3n) is 2.81. The number of carboxylic acid groups (broad SMARTS) is 1. The van der Waals surface area contributed by atoms with Crippen LogP contribution in [0, 0.1) is 6.92 Å². The van der Waals surface area contributed by atoms with Crippen LogP contribution in [0.3, 0.4) is 0 Å². The molecule has 2 N–H and O–H groups in total. The van der Waals surface area contributed by atoms with E-state index in [9.17, 15) is 9.59 Å². The monoisotopic (exact) mass is 301 g/mol. The Morgan fingerprint density at radius 2 is 2.14 bits per heavy atom. The van der Waals surface area contributed by atoms with Crippen LogP contribution in [0.2, 0.25) is 0 Å². The quantitative estimate of drug-likeness (QED) is 0.834. The van der Waals surface area contributed by atoms with E-state index in [1.165, 1.54) is 17.4 Å². The minimum absolute atomic E-state index is 0.164. The fourth-order valence-electron chi connectivity index (χ4n) is 1.82.